The zero-order valence-corrected chi connectivity index (χ0v) is 21.6. The van der Waals surface area contributed by atoms with Gasteiger partial charge in [0.25, 0.3) is 5.91 Å². The van der Waals surface area contributed by atoms with Gasteiger partial charge in [-0.2, -0.15) is 0 Å². The van der Waals surface area contributed by atoms with Crippen LogP contribution < -0.4 is 21.7 Å². The second-order valence-corrected chi connectivity index (χ2v) is 9.05. The number of hydrogen-bond donors (Lipinski definition) is 4. The molecule has 1 heterocycles. The molecule has 2 rings (SSSR count). The summed E-state index contributed by atoms with van der Waals surface area (Å²) in [5, 5.41) is 9.42. The van der Waals surface area contributed by atoms with Gasteiger partial charge in [0, 0.05) is 35.4 Å². The van der Waals surface area contributed by atoms with E-state index in [1.54, 1.807) is 11.8 Å². The number of nitrogens with one attached hydrogen (secondary N) is 3. The molecule has 11 heteroatoms. The van der Waals surface area contributed by atoms with E-state index < -0.39 is 0 Å². The van der Waals surface area contributed by atoms with Crippen LogP contribution in [-0.2, 0) is 23.7 Å². The van der Waals surface area contributed by atoms with E-state index in [1.807, 2.05) is 38.2 Å². The van der Waals surface area contributed by atoms with Crippen molar-refractivity contribution in [3.8, 4) is 0 Å². The van der Waals surface area contributed by atoms with E-state index in [1.165, 1.54) is 0 Å². The molecule has 1 aliphatic rings. The topological polar surface area (TPSA) is 125 Å². The molecule has 0 radical (unpaired) electrons. The SMILES string of the molecule is CC1=CNC(NC(=O)c2ccc(NCCOCCOCCOCCOCCOCCN)cc2C)S1. The van der Waals surface area contributed by atoms with Gasteiger partial charge in [0.2, 0.25) is 0 Å². The van der Waals surface area contributed by atoms with E-state index in [9.17, 15) is 4.79 Å². The van der Waals surface area contributed by atoms with E-state index in [2.05, 4.69) is 16.0 Å². The quantitative estimate of drug-likeness (QED) is 0.192. The lowest BCUT2D eigenvalue weighted by Gasteiger charge is -2.15. The number of rotatable bonds is 20. The Morgan fingerprint density at radius 1 is 0.914 bits per heavy atom. The van der Waals surface area contributed by atoms with Crippen molar-refractivity contribution in [1.82, 2.24) is 10.6 Å². The third kappa shape index (κ3) is 13.1. The molecular formula is C24H40N4O6S. The Kier molecular flexibility index (Phi) is 15.5. The normalized spacial score (nSPS) is 15.1. The van der Waals surface area contributed by atoms with Crippen LogP contribution in [0.3, 0.4) is 0 Å². The maximum Gasteiger partial charge on any atom is 0.253 e. The summed E-state index contributed by atoms with van der Waals surface area (Å²) in [7, 11) is 0. The van der Waals surface area contributed by atoms with Crippen LogP contribution in [0, 0.1) is 6.92 Å². The molecule has 1 amide bonds. The van der Waals surface area contributed by atoms with E-state index in [0.717, 1.165) is 16.2 Å². The highest BCUT2D eigenvalue weighted by Crippen LogP contribution is 2.23. The fourth-order valence-corrected chi connectivity index (χ4v) is 3.89. The van der Waals surface area contributed by atoms with Crippen molar-refractivity contribution in [2.45, 2.75) is 19.3 Å². The predicted molar refractivity (Wildman–Crippen MR) is 139 cm³/mol. The Balaban J connectivity index is 1.42. The molecular weight excluding hydrogens is 472 g/mol. The Morgan fingerprint density at radius 2 is 1.49 bits per heavy atom. The Morgan fingerprint density at radius 3 is 2.00 bits per heavy atom. The smallest absolute Gasteiger partial charge is 0.253 e. The van der Waals surface area contributed by atoms with Gasteiger partial charge < -0.3 is 45.4 Å². The van der Waals surface area contributed by atoms with Gasteiger partial charge in [0.1, 0.15) is 0 Å². The Labute approximate surface area is 212 Å². The molecule has 198 valence electrons. The van der Waals surface area contributed by atoms with Crippen LogP contribution in [-0.4, -0.2) is 90.6 Å². The second kappa shape index (κ2) is 18.4. The predicted octanol–water partition coefficient (Wildman–Crippen LogP) is 1.66. The second-order valence-electron chi connectivity index (χ2n) is 7.70. The van der Waals surface area contributed by atoms with Gasteiger partial charge in [-0.1, -0.05) is 11.8 Å². The molecule has 0 aliphatic carbocycles. The van der Waals surface area contributed by atoms with Crippen LogP contribution in [0.15, 0.2) is 29.3 Å². The number of carbonyl (C=O) groups is 1. The highest BCUT2D eigenvalue weighted by Gasteiger charge is 2.18. The number of anilines is 1. The number of ether oxygens (including phenoxy) is 5. The van der Waals surface area contributed by atoms with E-state index >= 15 is 0 Å². The molecule has 0 fully saturated rings. The maximum absolute atomic E-state index is 12.5. The summed E-state index contributed by atoms with van der Waals surface area (Å²) >= 11 is 1.59. The minimum Gasteiger partial charge on any atom is -0.383 e. The minimum absolute atomic E-state index is 0.0895. The molecule has 1 aliphatic heterocycles. The first-order chi connectivity index (χ1) is 17.1. The monoisotopic (exact) mass is 512 g/mol. The average Bonchev–Trinajstić information content (AvgIpc) is 3.25. The Bertz CT molecular complexity index is 768. The van der Waals surface area contributed by atoms with Crippen LogP contribution in [0.1, 0.15) is 22.8 Å². The molecule has 0 spiro atoms. The van der Waals surface area contributed by atoms with Crippen LogP contribution >= 0.6 is 11.8 Å². The van der Waals surface area contributed by atoms with Gasteiger partial charge in [0.15, 0.2) is 5.50 Å². The maximum atomic E-state index is 12.5. The van der Waals surface area contributed by atoms with Crippen LogP contribution in [0.25, 0.3) is 0 Å². The lowest BCUT2D eigenvalue weighted by Crippen LogP contribution is -2.38. The van der Waals surface area contributed by atoms with Crippen molar-refractivity contribution in [2.75, 3.05) is 84.5 Å². The van der Waals surface area contributed by atoms with Crippen molar-refractivity contribution in [3.63, 3.8) is 0 Å². The number of carbonyl (C=O) groups excluding carboxylic acids is 1. The number of allylic oxidation sites excluding steroid dienone is 1. The molecule has 5 N–H and O–H groups in total. The van der Waals surface area contributed by atoms with Crippen LogP contribution in [0.5, 0.6) is 0 Å². The van der Waals surface area contributed by atoms with Gasteiger partial charge in [-0.15, -0.1) is 0 Å². The molecule has 10 nitrogen and oxygen atoms in total. The van der Waals surface area contributed by atoms with Gasteiger partial charge in [-0.25, -0.2) is 0 Å². The number of aryl methyl sites for hydroxylation is 1. The van der Waals surface area contributed by atoms with Crippen LogP contribution in [0.4, 0.5) is 5.69 Å². The zero-order valence-electron chi connectivity index (χ0n) is 20.8. The van der Waals surface area contributed by atoms with Gasteiger partial charge in [-0.05, 0) is 37.6 Å². The van der Waals surface area contributed by atoms with Crippen molar-refractivity contribution in [2.24, 2.45) is 5.73 Å². The molecule has 0 saturated carbocycles. The molecule has 0 saturated heterocycles. The molecule has 0 aromatic heterocycles. The fourth-order valence-electron chi connectivity index (χ4n) is 3.08. The number of nitrogens with two attached hydrogens (primary N) is 1. The third-order valence-corrected chi connectivity index (χ3v) is 5.78. The minimum atomic E-state index is -0.120. The standard InChI is InChI=1S/C24H40N4O6S/c1-19-17-21(3-4-22(19)23(29)28-24-27-18-20(2)35-24)26-6-8-31-10-12-33-14-16-34-15-13-32-11-9-30-7-5-25/h3-4,17-18,24,26-27H,5-16,25H2,1-2H3,(H,28,29). The Hall–Kier alpha value is -1.86. The van der Waals surface area contributed by atoms with E-state index in [0.29, 0.717) is 84.7 Å². The van der Waals surface area contributed by atoms with Gasteiger partial charge in [0.05, 0.1) is 66.1 Å². The molecule has 1 unspecified atom stereocenters. The largest absolute Gasteiger partial charge is 0.383 e. The number of benzene rings is 1. The third-order valence-electron chi connectivity index (χ3n) is 4.80. The summed E-state index contributed by atoms with van der Waals surface area (Å²) in [6, 6.07) is 5.72. The highest BCUT2D eigenvalue weighted by atomic mass is 32.2. The van der Waals surface area contributed by atoms with Crippen molar-refractivity contribution < 1.29 is 28.5 Å². The lowest BCUT2D eigenvalue weighted by molar-refractivity contribution is -0.00985. The molecule has 1 atom stereocenters. The molecule has 35 heavy (non-hydrogen) atoms. The van der Waals surface area contributed by atoms with E-state index in [-0.39, 0.29) is 11.4 Å². The van der Waals surface area contributed by atoms with Crippen molar-refractivity contribution in [1.29, 1.82) is 0 Å². The first-order valence-electron chi connectivity index (χ1n) is 11.9. The summed E-state index contributed by atoms with van der Waals surface area (Å²) in [5.41, 5.74) is 7.74. The summed E-state index contributed by atoms with van der Waals surface area (Å²) < 4.78 is 27.1. The van der Waals surface area contributed by atoms with Crippen LogP contribution in [0.2, 0.25) is 0 Å². The summed E-state index contributed by atoms with van der Waals surface area (Å²) in [6.45, 7) is 10.5. The fraction of sp³-hybridized carbons (Fsp3) is 0.625. The average molecular weight is 513 g/mol. The number of amides is 1. The summed E-state index contributed by atoms with van der Waals surface area (Å²) in [6.07, 6.45) is 1.90. The lowest BCUT2D eigenvalue weighted by atomic mass is 10.1. The van der Waals surface area contributed by atoms with Gasteiger partial charge >= 0.3 is 0 Å². The van der Waals surface area contributed by atoms with E-state index in [4.69, 9.17) is 29.4 Å². The molecule has 0 bridgehead atoms. The summed E-state index contributed by atoms with van der Waals surface area (Å²) in [4.78, 5) is 13.7. The van der Waals surface area contributed by atoms with Crippen molar-refractivity contribution in [3.05, 3.63) is 40.4 Å². The van der Waals surface area contributed by atoms with Gasteiger partial charge in [-0.3, -0.25) is 4.79 Å². The molecule has 1 aromatic carbocycles. The first kappa shape index (κ1) is 29.4. The highest BCUT2D eigenvalue weighted by molar-refractivity contribution is 8.03. The zero-order chi connectivity index (χ0) is 25.1. The first-order valence-corrected chi connectivity index (χ1v) is 12.8. The molecule has 1 aromatic rings. The number of hydrogen-bond acceptors (Lipinski definition) is 10. The van der Waals surface area contributed by atoms with Crippen molar-refractivity contribution >= 4 is 23.4 Å². The summed E-state index contributed by atoms with van der Waals surface area (Å²) in [5.74, 6) is -0.0895. The number of thioether (sulfide) groups is 1.